The number of carbonyl (C=O) groups is 1. The molecule has 3 heteroatoms. The Morgan fingerprint density at radius 3 is 2.47 bits per heavy atom. The van der Waals surface area contributed by atoms with Gasteiger partial charge >= 0.3 is 0 Å². The number of amides is 1. The number of carbonyl (C=O) groups excluding carboxylic acids is 1. The van der Waals surface area contributed by atoms with Crippen LogP contribution in [-0.2, 0) is 4.79 Å². The average Bonchev–Trinajstić information content (AvgIpc) is 2.85. The molecule has 0 aromatic carbocycles. The predicted octanol–water partition coefficient (Wildman–Crippen LogP) is 2.02. The van der Waals surface area contributed by atoms with Gasteiger partial charge in [0.05, 0.1) is 6.54 Å². The van der Waals surface area contributed by atoms with Gasteiger partial charge < -0.3 is 10.2 Å². The Morgan fingerprint density at radius 2 is 1.82 bits per heavy atom. The summed E-state index contributed by atoms with van der Waals surface area (Å²) in [6.45, 7) is 5.88. The van der Waals surface area contributed by atoms with Crippen molar-refractivity contribution in [2.24, 2.45) is 11.8 Å². The second-order valence-corrected chi connectivity index (χ2v) is 5.84. The van der Waals surface area contributed by atoms with Crippen molar-refractivity contribution in [1.29, 1.82) is 0 Å². The van der Waals surface area contributed by atoms with Gasteiger partial charge in [0.1, 0.15) is 0 Å². The van der Waals surface area contributed by atoms with E-state index < -0.39 is 0 Å². The van der Waals surface area contributed by atoms with Crippen LogP contribution in [0.4, 0.5) is 0 Å². The van der Waals surface area contributed by atoms with Crippen LogP contribution in [-0.4, -0.2) is 37.0 Å². The van der Waals surface area contributed by atoms with E-state index in [2.05, 4.69) is 12.2 Å². The van der Waals surface area contributed by atoms with Crippen LogP contribution in [0.2, 0.25) is 0 Å². The number of hydrogen-bond acceptors (Lipinski definition) is 2. The van der Waals surface area contributed by atoms with Crippen LogP contribution >= 0.6 is 0 Å². The van der Waals surface area contributed by atoms with Crippen LogP contribution in [0.25, 0.3) is 0 Å². The van der Waals surface area contributed by atoms with E-state index in [9.17, 15) is 4.79 Å². The molecule has 0 unspecified atom stereocenters. The quantitative estimate of drug-likeness (QED) is 0.812. The maximum Gasteiger partial charge on any atom is 0.236 e. The lowest BCUT2D eigenvalue weighted by molar-refractivity contribution is -0.129. The van der Waals surface area contributed by atoms with Gasteiger partial charge in [-0.05, 0) is 44.1 Å². The molecule has 1 heterocycles. The van der Waals surface area contributed by atoms with Crippen LogP contribution in [0.3, 0.4) is 0 Å². The van der Waals surface area contributed by atoms with E-state index in [1.165, 1.54) is 38.5 Å². The Kier molecular flexibility index (Phi) is 4.84. The maximum atomic E-state index is 11.8. The summed E-state index contributed by atoms with van der Waals surface area (Å²) in [5.41, 5.74) is 0. The minimum Gasteiger partial charge on any atom is -0.342 e. The van der Waals surface area contributed by atoms with Gasteiger partial charge in [-0.3, -0.25) is 4.79 Å². The lowest BCUT2D eigenvalue weighted by Crippen LogP contribution is -2.38. The Balaban J connectivity index is 1.57. The molecule has 1 saturated heterocycles. The van der Waals surface area contributed by atoms with Gasteiger partial charge in [0.2, 0.25) is 5.91 Å². The van der Waals surface area contributed by atoms with Gasteiger partial charge in [0, 0.05) is 13.1 Å². The highest BCUT2D eigenvalue weighted by molar-refractivity contribution is 5.78. The molecule has 3 nitrogen and oxygen atoms in total. The Hall–Kier alpha value is -0.570. The van der Waals surface area contributed by atoms with Crippen molar-refractivity contribution >= 4 is 5.91 Å². The van der Waals surface area contributed by atoms with Crippen molar-refractivity contribution in [2.75, 3.05) is 26.2 Å². The topological polar surface area (TPSA) is 32.3 Å². The SMILES string of the molecule is CC1CCC(CNCC(=O)N2CCCC2)CC1. The number of likely N-dealkylation sites (tertiary alicyclic amines) is 1. The molecule has 0 aromatic rings. The fourth-order valence-corrected chi connectivity index (χ4v) is 2.99. The Labute approximate surface area is 105 Å². The Morgan fingerprint density at radius 1 is 1.18 bits per heavy atom. The van der Waals surface area contributed by atoms with Crippen LogP contribution in [0.5, 0.6) is 0 Å². The third-order valence-corrected chi connectivity index (χ3v) is 4.30. The zero-order valence-corrected chi connectivity index (χ0v) is 11.1. The molecule has 0 radical (unpaired) electrons. The van der Waals surface area contributed by atoms with Gasteiger partial charge in [-0.15, -0.1) is 0 Å². The summed E-state index contributed by atoms with van der Waals surface area (Å²) in [5.74, 6) is 2.02. The molecule has 0 aromatic heterocycles. The molecule has 1 amide bonds. The first-order valence-electron chi connectivity index (χ1n) is 7.24. The lowest BCUT2D eigenvalue weighted by atomic mass is 9.83. The van der Waals surface area contributed by atoms with Crippen molar-refractivity contribution in [2.45, 2.75) is 45.4 Å². The van der Waals surface area contributed by atoms with Crippen LogP contribution < -0.4 is 5.32 Å². The van der Waals surface area contributed by atoms with Crippen LogP contribution in [0.1, 0.15) is 45.4 Å². The van der Waals surface area contributed by atoms with Crippen LogP contribution in [0, 0.1) is 11.8 Å². The molecule has 1 N–H and O–H groups in total. The second-order valence-electron chi connectivity index (χ2n) is 5.84. The van der Waals surface area contributed by atoms with Crippen molar-refractivity contribution in [1.82, 2.24) is 10.2 Å². The Bertz CT molecular complexity index is 241. The first-order valence-corrected chi connectivity index (χ1v) is 7.24. The first-order chi connectivity index (χ1) is 8.25. The number of nitrogens with zero attached hydrogens (tertiary/aromatic N) is 1. The fraction of sp³-hybridized carbons (Fsp3) is 0.929. The van der Waals surface area contributed by atoms with Crippen molar-refractivity contribution in [3.05, 3.63) is 0 Å². The third-order valence-electron chi connectivity index (χ3n) is 4.30. The molecule has 17 heavy (non-hydrogen) atoms. The average molecular weight is 238 g/mol. The summed E-state index contributed by atoms with van der Waals surface area (Å²) in [5, 5.41) is 3.36. The highest BCUT2D eigenvalue weighted by Crippen LogP contribution is 2.27. The molecule has 98 valence electrons. The molecule has 0 bridgehead atoms. The standard InChI is InChI=1S/C14H26N2O/c1-12-4-6-13(7-5-12)10-15-11-14(17)16-8-2-3-9-16/h12-13,15H,2-11H2,1H3. The highest BCUT2D eigenvalue weighted by Gasteiger charge is 2.20. The lowest BCUT2D eigenvalue weighted by Gasteiger charge is -2.26. The van der Waals surface area contributed by atoms with E-state index in [0.29, 0.717) is 12.5 Å². The molecule has 0 atom stereocenters. The molecule has 1 aliphatic carbocycles. The monoisotopic (exact) mass is 238 g/mol. The largest absolute Gasteiger partial charge is 0.342 e. The van der Waals surface area contributed by atoms with E-state index in [1.54, 1.807) is 0 Å². The molecule has 2 aliphatic rings. The van der Waals surface area contributed by atoms with E-state index >= 15 is 0 Å². The molecule has 2 rings (SSSR count). The van der Waals surface area contributed by atoms with E-state index in [-0.39, 0.29) is 0 Å². The zero-order valence-electron chi connectivity index (χ0n) is 11.1. The highest BCUT2D eigenvalue weighted by atomic mass is 16.2. The zero-order chi connectivity index (χ0) is 12.1. The minimum atomic E-state index is 0.298. The summed E-state index contributed by atoms with van der Waals surface area (Å²) in [4.78, 5) is 13.8. The van der Waals surface area contributed by atoms with E-state index in [1.807, 2.05) is 4.90 Å². The number of nitrogens with one attached hydrogen (secondary N) is 1. The summed E-state index contributed by atoms with van der Waals surface area (Å²) < 4.78 is 0. The maximum absolute atomic E-state index is 11.8. The van der Waals surface area contributed by atoms with Crippen LogP contribution in [0.15, 0.2) is 0 Å². The smallest absolute Gasteiger partial charge is 0.236 e. The van der Waals surface area contributed by atoms with Gasteiger partial charge in [-0.25, -0.2) is 0 Å². The summed E-state index contributed by atoms with van der Waals surface area (Å²) in [6, 6.07) is 0. The summed E-state index contributed by atoms with van der Waals surface area (Å²) >= 11 is 0. The first kappa shape index (κ1) is 12.9. The molecule has 1 saturated carbocycles. The van der Waals surface area contributed by atoms with Crippen molar-refractivity contribution < 1.29 is 4.79 Å². The minimum absolute atomic E-state index is 0.298. The third kappa shape index (κ3) is 3.98. The second kappa shape index (κ2) is 6.39. The summed E-state index contributed by atoms with van der Waals surface area (Å²) in [7, 11) is 0. The van der Waals surface area contributed by atoms with Gasteiger partial charge in [-0.1, -0.05) is 19.8 Å². The van der Waals surface area contributed by atoms with Crippen molar-refractivity contribution in [3.8, 4) is 0 Å². The number of hydrogen-bond donors (Lipinski definition) is 1. The van der Waals surface area contributed by atoms with E-state index in [0.717, 1.165) is 31.5 Å². The van der Waals surface area contributed by atoms with Gasteiger partial charge in [0.25, 0.3) is 0 Å². The van der Waals surface area contributed by atoms with Crippen molar-refractivity contribution in [3.63, 3.8) is 0 Å². The molecular weight excluding hydrogens is 212 g/mol. The van der Waals surface area contributed by atoms with E-state index in [4.69, 9.17) is 0 Å². The fourth-order valence-electron chi connectivity index (χ4n) is 2.99. The molecule has 0 spiro atoms. The molecule has 1 aliphatic heterocycles. The summed E-state index contributed by atoms with van der Waals surface area (Å²) in [6.07, 6.45) is 7.79. The predicted molar refractivity (Wildman–Crippen MR) is 69.8 cm³/mol. The molecular formula is C14H26N2O. The van der Waals surface area contributed by atoms with Gasteiger partial charge in [-0.2, -0.15) is 0 Å². The number of rotatable bonds is 4. The van der Waals surface area contributed by atoms with Gasteiger partial charge in [0.15, 0.2) is 0 Å². The normalized spacial score (nSPS) is 29.6. The molecule has 2 fully saturated rings.